The Bertz CT molecular complexity index is 80.5. The Morgan fingerprint density at radius 3 is 2.25 bits per heavy atom. The van der Waals surface area contributed by atoms with Gasteiger partial charge < -0.3 is 4.43 Å². The van der Waals surface area contributed by atoms with Crippen molar-refractivity contribution in [2.75, 3.05) is 0 Å². The predicted molar refractivity (Wildman–Crippen MR) is 32.6 cm³/mol. The smallest absolute Gasteiger partial charge is 0.317 e. The molecule has 0 aromatic heterocycles. The molecule has 0 atom stereocenters. The van der Waals surface area contributed by atoms with Crippen molar-refractivity contribution in [3.63, 3.8) is 0 Å². The molecular formula is C5H10O2Si. The van der Waals surface area contributed by atoms with Crippen LogP contribution in [0.3, 0.4) is 0 Å². The molecule has 0 fully saturated rings. The van der Waals surface area contributed by atoms with E-state index in [1.807, 2.05) is 13.8 Å². The fourth-order valence-electron chi connectivity index (χ4n) is 0.201. The van der Waals surface area contributed by atoms with Gasteiger partial charge in [0.05, 0.1) is 0 Å². The monoisotopic (exact) mass is 130 g/mol. The third kappa shape index (κ3) is 5.69. The molecule has 0 aromatic rings. The highest BCUT2D eigenvalue weighted by atomic mass is 28.2. The summed E-state index contributed by atoms with van der Waals surface area (Å²) in [6.07, 6.45) is 0. The van der Waals surface area contributed by atoms with Crippen molar-refractivity contribution in [3.05, 3.63) is 0 Å². The molecule has 0 aliphatic carbocycles. The minimum absolute atomic E-state index is 0.183. The molecule has 0 bridgehead atoms. The Morgan fingerprint density at radius 2 is 2.12 bits per heavy atom. The van der Waals surface area contributed by atoms with Crippen LogP contribution < -0.4 is 0 Å². The van der Waals surface area contributed by atoms with E-state index in [0.717, 1.165) is 0 Å². The van der Waals surface area contributed by atoms with E-state index in [1.165, 1.54) is 6.92 Å². The van der Waals surface area contributed by atoms with E-state index in [9.17, 15) is 4.79 Å². The summed E-state index contributed by atoms with van der Waals surface area (Å²) in [6, 6.07) is 0. The maximum absolute atomic E-state index is 10.1. The molecule has 3 heteroatoms. The van der Waals surface area contributed by atoms with Crippen LogP contribution in [0.5, 0.6) is 0 Å². The molecule has 0 aliphatic rings. The van der Waals surface area contributed by atoms with Crippen LogP contribution in [0.1, 0.15) is 20.8 Å². The molecule has 8 heavy (non-hydrogen) atoms. The van der Waals surface area contributed by atoms with Crippen molar-refractivity contribution < 1.29 is 9.22 Å². The third-order valence-corrected chi connectivity index (χ3v) is 1.32. The highest BCUT2D eigenvalue weighted by molar-refractivity contribution is 6.32. The maximum atomic E-state index is 10.1. The first-order valence-electron chi connectivity index (χ1n) is 2.56. The number of hydrogen-bond acceptors (Lipinski definition) is 2. The molecule has 0 aliphatic heterocycles. The van der Waals surface area contributed by atoms with Crippen molar-refractivity contribution in [2.24, 2.45) is 0 Å². The van der Waals surface area contributed by atoms with Crippen LogP contribution in [0.25, 0.3) is 0 Å². The van der Waals surface area contributed by atoms with E-state index in [2.05, 4.69) is 0 Å². The second kappa shape index (κ2) is 3.66. The highest BCUT2D eigenvalue weighted by Gasteiger charge is 1.99. The van der Waals surface area contributed by atoms with Gasteiger partial charge in [0.2, 0.25) is 0 Å². The van der Waals surface area contributed by atoms with Gasteiger partial charge in [-0.1, -0.05) is 13.8 Å². The van der Waals surface area contributed by atoms with Gasteiger partial charge in [-0.2, -0.15) is 0 Å². The SMILES string of the molecule is CC(=O)O[Si]C(C)C. The largest absolute Gasteiger partial charge is 0.516 e. The molecule has 0 N–H and O–H groups in total. The molecular weight excluding hydrogens is 120 g/mol. The van der Waals surface area contributed by atoms with Crippen LogP contribution >= 0.6 is 0 Å². The van der Waals surface area contributed by atoms with Gasteiger partial charge in [0.1, 0.15) is 0 Å². The van der Waals surface area contributed by atoms with E-state index in [4.69, 9.17) is 4.43 Å². The van der Waals surface area contributed by atoms with Crippen molar-refractivity contribution in [3.8, 4) is 0 Å². The maximum Gasteiger partial charge on any atom is 0.317 e. The Labute approximate surface area is 52.2 Å². The van der Waals surface area contributed by atoms with Gasteiger partial charge >= 0.3 is 9.76 Å². The summed E-state index contributed by atoms with van der Waals surface area (Å²) < 4.78 is 4.69. The van der Waals surface area contributed by atoms with E-state index in [0.29, 0.717) is 15.3 Å². The average Bonchev–Trinajstić information content (AvgIpc) is 1.61. The summed E-state index contributed by atoms with van der Waals surface area (Å²) in [4.78, 5) is 10.1. The summed E-state index contributed by atoms with van der Waals surface area (Å²) in [6.45, 7) is 5.46. The second-order valence-corrected chi connectivity index (χ2v) is 3.46. The number of hydrogen-bond donors (Lipinski definition) is 0. The first-order valence-corrected chi connectivity index (χ1v) is 3.54. The average molecular weight is 130 g/mol. The van der Waals surface area contributed by atoms with Gasteiger partial charge in [-0.15, -0.1) is 0 Å². The van der Waals surface area contributed by atoms with E-state index < -0.39 is 0 Å². The van der Waals surface area contributed by atoms with Gasteiger partial charge in [0, 0.05) is 6.92 Å². The van der Waals surface area contributed by atoms with Crippen molar-refractivity contribution in [1.82, 2.24) is 0 Å². The van der Waals surface area contributed by atoms with E-state index in [1.54, 1.807) is 0 Å². The molecule has 46 valence electrons. The van der Waals surface area contributed by atoms with Crippen LogP contribution in [0, 0.1) is 0 Å². The van der Waals surface area contributed by atoms with Crippen molar-refractivity contribution >= 4 is 15.7 Å². The van der Waals surface area contributed by atoms with Gasteiger partial charge in [-0.3, -0.25) is 4.79 Å². The van der Waals surface area contributed by atoms with Crippen LogP contribution in [-0.2, 0) is 9.22 Å². The third-order valence-electron chi connectivity index (χ3n) is 0.438. The summed E-state index contributed by atoms with van der Waals surface area (Å²) in [5.74, 6) is -0.183. The molecule has 2 nitrogen and oxygen atoms in total. The zero-order valence-corrected chi connectivity index (χ0v) is 6.39. The molecule has 0 rings (SSSR count). The molecule has 2 radical (unpaired) electrons. The quantitative estimate of drug-likeness (QED) is 0.521. The van der Waals surface area contributed by atoms with Gasteiger partial charge in [0.25, 0.3) is 5.97 Å². The molecule has 0 unspecified atom stereocenters. The van der Waals surface area contributed by atoms with Crippen LogP contribution in [0.2, 0.25) is 5.54 Å². The molecule has 0 spiro atoms. The van der Waals surface area contributed by atoms with E-state index in [-0.39, 0.29) is 5.97 Å². The number of carbonyl (C=O) groups is 1. The van der Waals surface area contributed by atoms with Crippen LogP contribution in [0.4, 0.5) is 0 Å². The summed E-state index contributed by atoms with van der Waals surface area (Å²) in [5.41, 5.74) is 0.471. The lowest BCUT2D eigenvalue weighted by molar-refractivity contribution is -0.131. The molecule has 0 amide bonds. The van der Waals surface area contributed by atoms with Gasteiger partial charge in [-0.25, -0.2) is 0 Å². The zero-order valence-electron chi connectivity index (χ0n) is 5.39. The lowest BCUT2D eigenvalue weighted by Gasteiger charge is -1.99. The Kier molecular flexibility index (Phi) is 3.52. The first-order chi connectivity index (χ1) is 3.63. The fourth-order valence-corrected chi connectivity index (χ4v) is 0.602. The fraction of sp³-hybridized carbons (Fsp3) is 0.800. The van der Waals surface area contributed by atoms with E-state index >= 15 is 0 Å². The molecule has 0 saturated heterocycles. The number of rotatable bonds is 2. The Hall–Kier alpha value is -0.313. The lowest BCUT2D eigenvalue weighted by atomic mass is 10.6. The van der Waals surface area contributed by atoms with Crippen molar-refractivity contribution in [2.45, 2.75) is 26.3 Å². The van der Waals surface area contributed by atoms with Crippen molar-refractivity contribution in [1.29, 1.82) is 0 Å². The molecule has 0 saturated carbocycles. The zero-order chi connectivity index (χ0) is 6.57. The van der Waals surface area contributed by atoms with Crippen LogP contribution in [-0.4, -0.2) is 15.7 Å². The number of carbonyl (C=O) groups excluding carboxylic acids is 1. The summed E-state index contributed by atoms with van der Waals surface area (Å²) >= 11 is 0. The Balaban J connectivity index is 3.05. The molecule has 0 aromatic carbocycles. The normalized spacial score (nSPS) is 9.50. The second-order valence-electron chi connectivity index (χ2n) is 1.87. The highest BCUT2D eigenvalue weighted by Crippen LogP contribution is 1.96. The lowest BCUT2D eigenvalue weighted by Crippen LogP contribution is -2.06. The topological polar surface area (TPSA) is 26.3 Å². The summed E-state index contributed by atoms with van der Waals surface area (Å²) in [5, 5.41) is 0. The summed E-state index contributed by atoms with van der Waals surface area (Å²) in [7, 11) is 0.319. The molecule has 0 heterocycles. The van der Waals surface area contributed by atoms with Gasteiger partial charge in [0.15, 0.2) is 0 Å². The van der Waals surface area contributed by atoms with Gasteiger partial charge in [-0.05, 0) is 5.54 Å². The van der Waals surface area contributed by atoms with Crippen LogP contribution in [0.15, 0.2) is 0 Å². The minimum Gasteiger partial charge on any atom is -0.516 e. The predicted octanol–water partition coefficient (Wildman–Crippen LogP) is 0.997. The minimum atomic E-state index is -0.183. The first kappa shape index (κ1) is 7.69. The standard InChI is InChI=1S/C5H10O2Si/c1-4(2)8-7-5(3)6/h4H,1-3H3. The Morgan fingerprint density at radius 1 is 1.62 bits per heavy atom.